The molecule has 0 spiro atoms. The first-order chi connectivity index (χ1) is 8.81. The van der Waals surface area contributed by atoms with Crippen molar-refractivity contribution >= 4 is 5.78 Å². The lowest BCUT2D eigenvalue weighted by atomic mass is 10.1. The molecule has 0 aliphatic rings. The van der Waals surface area contributed by atoms with Crippen LogP contribution in [0.5, 0.6) is 5.75 Å². The first-order valence-electron chi connectivity index (χ1n) is 5.75. The summed E-state index contributed by atoms with van der Waals surface area (Å²) in [6.07, 6.45) is 0.786. The van der Waals surface area contributed by atoms with E-state index in [0.29, 0.717) is 11.4 Å². The quantitative estimate of drug-likeness (QED) is 0.852. The number of hydrogen-bond acceptors (Lipinski definition) is 2. The molecule has 1 aromatic carbocycles. The molecule has 1 N–H and O–H groups in total. The summed E-state index contributed by atoms with van der Waals surface area (Å²) in [4.78, 5) is 14.8. The van der Waals surface area contributed by atoms with Crippen molar-refractivity contribution < 1.29 is 13.9 Å². The Labute approximate surface area is 105 Å². The number of aromatic amines is 1. The van der Waals surface area contributed by atoms with Gasteiger partial charge in [-0.3, -0.25) is 9.18 Å². The number of carbonyl (C=O) groups is 1. The Morgan fingerprint density at radius 3 is 2.61 bits per heavy atom. The molecule has 0 saturated carbocycles. The lowest BCUT2D eigenvalue weighted by Gasteiger charge is -2.16. The number of Topliss-reactive ketones (excluding diaryl/α,β-unsaturated/α-hetero) is 1. The van der Waals surface area contributed by atoms with Gasteiger partial charge in [0, 0.05) is 12.6 Å². The minimum absolute atomic E-state index is 0.142. The van der Waals surface area contributed by atoms with Crippen molar-refractivity contribution in [2.45, 2.75) is 12.5 Å². The number of ketones is 1. The van der Waals surface area contributed by atoms with Gasteiger partial charge in [-0.2, -0.15) is 0 Å². The van der Waals surface area contributed by atoms with Crippen LogP contribution in [-0.4, -0.2) is 17.4 Å². The van der Waals surface area contributed by atoms with E-state index in [0.717, 1.165) is 0 Å². The Bertz CT molecular complexity index is 482. The molecule has 1 heterocycles. The predicted octanol–water partition coefficient (Wildman–Crippen LogP) is 3.06. The number of aromatic nitrogens is 1. The van der Waals surface area contributed by atoms with Gasteiger partial charge in [0.25, 0.3) is 0 Å². The van der Waals surface area contributed by atoms with Gasteiger partial charge < -0.3 is 9.72 Å². The summed E-state index contributed by atoms with van der Waals surface area (Å²) in [7, 11) is 0. The van der Waals surface area contributed by atoms with Crippen LogP contribution in [0.1, 0.15) is 18.2 Å². The van der Waals surface area contributed by atoms with Crippen LogP contribution >= 0.6 is 0 Å². The Hall–Kier alpha value is -2.10. The van der Waals surface area contributed by atoms with Crippen LogP contribution in [0.25, 0.3) is 0 Å². The number of benzene rings is 1. The highest BCUT2D eigenvalue weighted by atomic mass is 19.1. The molecule has 4 heteroatoms. The SMILES string of the molecule is O=C(CCF)C(Oc1ccccc1)c1ccc[nH]1. The maximum atomic E-state index is 12.3. The van der Waals surface area contributed by atoms with Crippen LogP contribution in [-0.2, 0) is 4.79 Å². The van der Waals surface area contributed by atoms with E-state index in [4.69, 9.17) is 4.74 Å². The van der Waals surface area contributed by atoms with E-state index in [2.05, 4.69) is 4.98 Å². The van der Waals surface area contributed by atoms with Crippen LogP contribution in [0.2, 0.25) is 0 Å². The minimum atomic E-state index is -0.779. The van der Waals surface area contributed by atoms with Gasteiger partial charge in [0.15, 0.2) is 11.9 Å². The van der Waals surface area contributed by atoms with Crippen LogP contribution < -0.4 is 4.74 Å². The highest BCUT2D eigenvalue weighted by Crippen LogP contribution is 2.22. The smallest absolute Gasteiger partial charge is 0.196 e. The summed E-state index contributed by atoms with van der Waals surface area (Å²) in [5.41, 5.74) is 0.636. The van der Waals surface area contributed by atoms with E-state index >= 15 is 0 Å². The molecule has 1 atom stereocenters. The molecule has 3 nitrogen and oxygen atoms in total. The lowest BCUT2D eigenvalue weighted by molar-refractivity contribution is -0.126. The molecule has 1 aromatic heterocycles. The van der Waals surface area contributed by atoms with Crippen molar-refractivity contribution in [1.82, 2.24) is 4.98 Å². The van der Waals surface area contributed by atoms with Crippen LogP contribution in [0.4, 0.5) is 4.39 Å². The first-order valence-corrected chi connectivity index (χ1v) is 5.75. The van der Waals surface area contributed by atoms with Crippen molar-refractivity contribution in [3.05, 3.63) is 54.4 Å². The van der Waals surface area contributed by atoms with Gasteiger partial charge in [-0.05, 0) is 24.3 Å². The molecule has 2 aromatic rings. The van der Waals surface area contributed by atoms with Crippen molar-refractivity contribution in [1.29, 1.82) is 0 Å². The van der Waals surface area contributed by atoms with E-state index in [1.807, 2.05) is 18.2 Å². The second kappa shape index (κ2) is 6.00. The van der Waals surface area contributed by atoms with Crippen LogP contribution in [0.15, 0.2) is 48.7 Å². The van der Waals surface area contributed by atoms with Gasteiger partial charge in [-0.1, -0.05) is 18.2 Å². The summed E-state index contributed by atoms with van der Waals surface area (Å²) in [5, 5.41) is 0. The average molecular weight is 247 g/mol. The van der Waals surface area contributed by atoms with Crippen LogP contribution in [0, 0.1) is 0 Å². The summed E-state index contributed by atoms with van der Waals surface area (Å²) in [6.45, 7) is -0.672. The Kier molecular flexibility index (Phi) is 4.12. The maximum Gasteiger partial charge on any atom is 0.196 e. The van der Waals surface area contributed by atoms with E-state index in [1.54, 1.807) is 30.5 Å². The number of H-pyrrole nitrogens is 1. The topological polar surface area (TPSA) is 42.1 Å². The highest BCUT2D eigenvalue weighted by molar-refractivity contribution is 5.84. The standard InChI is InChI=1S/C14H14FNO2/c15-9-8-13(17)14(12-7-4-10-16-12)18-11-5-2-1-3-6-11/h1-7,10,14,16H,8-9H2. The normalized spacial score (nSPS) is 12.1. The number of hydrogen-bond donors (Lipinski definition) is 1. The zero-order valence-corrected chi connectivity index (χ0v) is 9.80. The minimum Gasteiger partial charge on any atom is -0.476 e. The molecule has 0 bridgehead atoms. The molecule has 1 unspecified atom stereocenters. The monoisotopic (exact) mass is 247 g/mol. The van der Waals surface area contributed by atoms with E-state index in [1.165, 1.54) is 0 Å². The van der Waals surface area contributed by atoms with Gasteiger partial charge in [-0.25, -0.2) is 0 Å². The van der Waals surface area contributed by atoms with Crippen molar-refractivity contribution in [2.24, 2.45) is 0 Å². The molecule has 2 rings (SSSR count). The molecule has 0 fully saturated rings. The molecule has 0 amide bonds. The van der Waals surface area contributed by atoms with Crippen molar-refractivity contribution in [2.75, 3.05) is 6.67 Å². The van der Waals surface area contributed by atoms with Gasteiger partial charge in [0.1, 0.15) is 5.75 Å². The largest absolute Gasteiger partial charge is 0.476 e. The fourth-order valence-electron chi connectivity index (χ4n) is 1.67. The Balaban J connectivity index is 2.18. The third kappa shape index (κ3) is 2.97. The molecule has 94 valence electrons. The molecule has 18 heavy (non-hydrogen) atoms. The number of halogens is 1. The first kappa shape index (κ1) is 12.4. The summed E-state index contributed by atoms with van der Waals surface area (Å²) in [6, 6.07) is 12.6. The van der Waals surface area contributed by atoms with Gasteiger partial charge in [0.05, 0.1) is 12.4 Å². The molecule has 0 aliphatic heterocycles. The van der Waals surface area contributed by atoms with Gasteiger partial charge in [0.2, 0.25) is 0 Å². The highest BCUT2D eigenvalue weighted by Gasteiger charge is 2.22. The number of alkyl halides is 1. The zero-order valence-electron chi connectivity index (χ0n) is 9.80. The van der Waals surface area contributed by atoms with Crippen molar-refractivity contribution in [3.8, 4) is 5.75 Å². The van der Waals surface area contributed by atoms with Crippen molar-refractivity contribution in [3.63, 3.8) is 0 Å². The van der Waals surface area contributed by atoms with Crippen LogP contribution in [0.3, 0.4) is 0 Å². The summed E-state index contributed by atoms with van der Waals surface area (Å²) < 4.78 is 17.9. The average Bonchev–Trinajstić information content (AvgIpc) is 2.91. The molecule has 0 radical (unpaired) electrons. The fourth-order valence-corrected chi connectivity index (χ4v) is 1.67. The number of para-hydroxylation sites is 1. The molecular formula is C14H14FNO2. The molecule has 0 aliphatic carbocycles. The van der Waals surface area contributed by atoms with E-state index < -0.39 is 12.8 Å². The van der Waals surface area contributed by atoms with E-state index in [9.17, 15) is 9.18 Å². The maximum absolute atomic E-state index is 12.3. The molecule has 0 saturated heterocycles. The Morgan fingerprint density at radius 2 is 2.00 bits per heavy atom. The summed E-state index contributed by atoms with van der Waals surface area (Å²) >= 11 is 0. The predicted molar refractivity (Wildman–Crippen MR) is 66.2 cm³/mol. The Morgan fingerprint density at radius 1 is 1.22 bits per heavy atom. The molecular weight excluding hydrogens is 233 g/mol. The third-order valence-corrected chi connectivity index (χ3v) is 2.53. The second-order valence-corrected chi connectivity index (χ2v) is 3.84. The third-order valence-electron chi connectivity index (χ3n) is 2.53. The zero-order chi connectivity index (χ0) is 12.8. The van der Waals surface area contributed by atoms with Gasteiger partial charge >= 0.3 is 0 Å². The van der Waals surface area contributed by atoms with Gasteiger partial charge in [-0.15, -0.1) is 0 Å². The number of carbonyl (C=O) groups excluding carboxylic acids is 1. The van der Waals surface area contributed by atoms with E-state index in [-0.39, 0.29) is 12.2 Å². The number of nitrogens with one attached hydrogen (secondary N) is 1. The summed E-state index contributed by atoms with van der Waals surface area (Å²) in [5.74, 6) is 0.313. The fraction of sp³-hybridized carbons (Fsp3) is 0.214. The number of ether oxygens (including phenoxy) is 1. The lowest BCUT2D eigenvalue weighted by Crippen LogP contribution is -2.19. The second-order valence-electron chi connectivity index (χ2n) is 3.84. The number of rotatable bonds is 6.